The Morgan fingerprint density at radius 1 is 1.62 bits per heavy atom. The van der Waals surface area contributed by atoms with Crippen molar-refractivity contribution < 1.29 is 4.74 Å². The molecule has 0 spiro atoms. The minimum absolute atomic E-state index is 0.602. The Morgan fingerprint density at radius 2 is 2.38 bits per heavy atom. The first-order valence-electron chi connectivity index (χ1n) is 5.22. The molecule has 0 amide bonds. The van der Waals surface area contributed by atoms with E-state index in [0.29, 0.717) is 6.04 Å². The molecule has 1 heterocycles. The van der Waals surface area contributed by atoms with Crippen LogP contribution in [0.1, 0.15) is 19.8 Å². The quantitative estimate of drug-likeness (QED) is 0.686. The van der Waals surface area contributed by atoms with Crippen LogP contribution in [0.3, 0.4) is 0 Å². The number of ether oxygens (including phenoxy) is 1. The summed E-state index contributed by atoms with van der Waals surface area (Å²) in [7, 11) is 2.18. The predicted molar refractivity (Wildman–Crippen MR) is 54.7 cm³/mol. The van der Waals surface area contributed by atoms with E-state index in [4.69, 9.17) is 10.5 Å². The maximum atomic E-state index is 5.52. The van der Waals surface area contributed by atoms with Gasteiger partial charge in [-0.25, -0.2) is 0 Å². The van der Waals surface area contributed by atoms with Crippen molar-refractivity contribution in [3.05, 3.63) is 0 Å². The Hall–Kier alpha value is -0.120. The Bertz CT molecular complexity index is 135. The highest BCUT2D eigenvalue weighted by atomic mass is 16.5. The first-order valence-corrected chi connectivity index (χ1v) is 5.22. The molecule has 3 heteroatoms. The van der Waals surface area contributed by atoms with Gasteiger partial charge in [0.25, 0.3) is 0 Å². The Kier molecular flexibility index (Phi) is 4.70. The molecule has 0 aliphatic carbocycles. The Morgan fingerprint density at radius 3 is 2.92 bits per heavy atom. The summed E-state index contributed by atoms with van der Waals surface area (Å²) in [6, 6.07) is 0.602. The van der Waals surface area contributed by atoms with Gasteiger partial charge in [-0.3, -0.25) is 0 Å². The summed E-state index contributed by atoms with van der Waals surface area (Å²) in [4.78, 5) is 2.40. The highest BCUT2D eigenvalue weighted by Crippen LogP contribution is 2.14. The highest BCUT2D eigenvalue weighted by molar-refractivity contribution is 4.71. The summed E-state index contributed by atoms with van der Waals surface area (Å²) in [6.45, 7) is 6.07. The minimum Gasteiger partial charge on any atom is -0.381 e. The fourth-order valence-electron chi connectivity index (χ4n) is 1.78. The second-order valence-corrected chi connectivity index (χ2v) is 4.10. The molecule has 0 radical (unpaired) electrons. The zero-order valence-electron chi connectivity index (χ0n) is 8.83. The molecule has 1 saturated heterocycles. The molecule has 1 rings (SSSR count). The van der Waals surface area contributed by atoms with Crippen molar-refractivity contribution in [2.24, 2.45) is 11.7 Å². The average molecular weight is 186 g/mol. The largest absolute Gasteiger partial charge is 0.381 e. The number of nitrogens with zero attached hydrogens (tertiary/aromatic N) is 1. The lowest BCUT2D eigenvalue weighted by Gasteiger charge is -2.26. The van der Waals surface area contributed by atoms with Gasteiger partial charge < -0.3 is 15.4 Å². The van der Waals surface area contributed by atoms with Crippen molar-refractivity contribution in [3.8, 4) is 0 Å². The SMILES string of the molecule is CC(CCN)N(C)CC1CCOC1. The molecule has 2 N–H and O–H groups in total. The molecule has 0 saturated carbocycles. The van der Waals surface area contributed by atoms with E-state index < -0.39 is 0 Å². The molecule has 1 fully saturated rings. The first-order chi connectivity index (χ1) is 6.24. The van der Waals surface area contributed by atoms with Crippen LogP contribution in [0.25, 0.3) is 0 Å². The molecular weight excluding hydrogens is 164 g/mol. The average Bonchev–Trinajstić information content (AvgIpc) is 2.57. The molecule has 0 aromatic rings. The van der Waals surface area contributed by atoms with Crippen molar-refractivity contribution in [3.63, 3.8) is 0 Å². The van der Waals surface area contributed by atoms with Gasteiger partial charge in [-0.1, -0.05) is 0 Å². The Labute approximate surface area is 81.2 Å². The van der Waals surface area contributed by atoms with Crippen LogP contribution in [0.2, 0.25) is 0 Å². The smallest absolute Gasteiger partial charge is 0.0507 e. The fraction of sp³-hybridized carbons (Fsp3) is 1.00. The van der Waals surface area contributed by atoms with E-state index in [0.717, 1.165) is 38.6 Å². The fourth-order valence-corrected chi connectivity index (χ4v) is 1.78. The molecule has 3 nitrogen and oxygen atoms in total. The normalized spacial score (nSPS) is 25.4. The van der Waals surface area contributed by atoms with Crippen molar-refractivity contribution in [1.29, 1.82) is 0 Å². The highest BCUT2D eigenvalue weighted by Gasteiger charge is 2.19. The Balaban J connectivity index is 2.18. The van der Waals surface area contributed by atoms with Crippen LogP contribution < -0.4 is 5.73 Å². The number of hydrogen-bond donors (Lipinski definition) is 1. The molecule has 0 aromatic heterocycles. The van der Waals surface area contributed by atoms with Gasteiger partial charge in [0, 0.05) is 19.2 Å². The molecule has 2 unspecified atom stereocenters. The van der Waals surface area contributed by atoms with Crippen LogP contribution in [-0.4, -0.2) is 44.3 Å². The van der Waals surface area contributed by atoms with Crippen molar-refractivity contribution >= 4 is 0 Å². The van der Waals surface area contributed by atoms with E-state index in [1.54, 1.807) is 0 Å². The van der Waals surface area contributed by atoms with Gasteiger partial charge in [0.15, 0.2) is 0 Å². The van der Waals surface area contributed by atoms with Crippen molar-refractivity contribution in [2.45, 2.75) is 25.8 Å². The van der Waals surface area contributed by atoms with Gasteiger partial charge in [0.2, 0.25) is 0 Å². The summed E-state index contributed by atoms with van der Waals surface area (Å²) in [6.07, 6.45) is 2.31. The lowest BCUT2D eigenvalue weighted by atomic mass is 10.1. The van der Waals surface area contributed by atoms with Crippen LogP contribution in [0.5, 0.6) is 0 Å². The topological polar surface area (TPSA) is 38.5 Å². The molecule has 1 aliphatic heterocycles. The maximum Gasteiger partial charge on any atom is 0.0507 e. The summed E-state index contributed by atoms with van der Waals surface area (Å²) >= 11 is 0. The zero-order valence-corrected chi connectivity index (χ0v) is 8.83. The summed E-state index contributed by atoms with van der Waals surface area (Å²) < 4.78 is 5.35. The van der Waals surface area contributed by atoms with Gasteiger partial charge in [-0.15, -0.1) is 0 Å². The summed E-state index contributed by atoms with van der Waals surface area (Å²) in [5, 5.41) is 0. The van der Waals surface area contributed by atoms with E-state index >= 15 is 0 Å². The third kappa shape index (κ3) is 3.63. The van der Waals surface area contributed by atoms with Gasteiger partial charge in [0.1, 0.15) is 0 Å². The van der Waals surface area contributed by atoms with Gasteiger partial charge >= 0.3 is 0 Å². The van der Waals surface area contributed by atoms with E-state index in [9.17, 15) is 0 Å². The molecular formula is C10H22N2O. The second kappa shape index (κ2) is 5.58. The maximum absolute atomic E-state index is 5.52. The molecule has 1 aliphatic rings. The summed E-state index contributed by atoms with van der Waals surface area (Å²) in [5.41, 5.74) is 5.52. The minimum atomic E-state index is 0.602. The van der Waals surface area contributed by atoms with Gasteiger partial charge in [0.05, 0.1) is 6.61 Å². The predicted octanol–water partition coefficient (Wildman–Crippen LogP) is 0.692. The summed E-state index contributed by atoms with van der Waals surface area (Å²) in [5.74, 6) is 0.741. The van der Waals surface area contributed by atoms with Crippen LogP contribution in [0.4, 0.5) is 0 Å². The van der Waals surface area contributed by atoms with E-state index in [-0.39, 0.29) is 0 Å². The first kappa shape index (κ1) is 11.0. The van der Waals surface area contributed by atoms with Crippen LogP contribution in [-0.2, 0) is 4.74 Å². The third-order valence-corrected chi connectivity index (χ3v) is 2.91. The number of rotatable bonds is 5. The van der Waals surface area contributed by atoms with E-state index in [1.165, 1.54) is 6.42 Å². The molecule has 0 bridgehead atoms. The third-order valence-electron chi connectivity index (χ3n) is 2.91. The van der Waals surface area contributed by atoms with Crippen LogP contribution in [0.15, 0.2) is 0 Å². The zero-order chi connectivity index (χ0) is 9.68. The lowest BCUT2D eigenvalue weighted by Crippen LogP contribution is -2.35. The molecule has 13 heavy (non-hydrogen) atoms. The van der Waals surface area contributed by atoms with Crippen molar-refractivity contribution in [1.82, 2.24) is 4.90 Å². The van der Waals surface area contributed by atoms with Gasteiger partial charge in [-0.05, 0) is 39.3 Å². The van der Waals surface area contributed by atoms with Crippen molar-refractivity contribution in [2.75, 3.05) is 33.4 Å². The monoisotopic (exact) mass is 186 g/mol. The molecule has 78 valence electrons. The molecule has 2 atom stereocenters. The molecule has 0 aromatic carbocycles. The second-order valence-electron chi connectivity index (χ2n) is 4.10. The number of nitrogens with two attached hydrogens (primary N) is 1. The van der Waals surface area contributed by atoms with Gasteiger partial charge in [-0.2, -0.15) is 0 Å². The van der Waals surface area contributed by atoms with Crippen LogP contribution >= 0.6 is 0 Å². The van der Waals surface area contributed by atoms with E-state index in [1.807, 2.05) is 0 Å². The standard InChI is InChI=1S/C10H22N2O/c1-9(3-5-11)12(2)7-10-4-6-13-8-10/h9-10H,3-8,11H2,1-2H3. The lowest BCUT2D eigenvalue weighted by molar-refractivity contribution is 0.162. The van der Waals surface area contributed by atoms with Crippen LogP contribution in [0, 0.1) is 5.92 Å². The van der Waals surface area contributed by atoms with E-state index in [2.05, 4.69) is 18.9 Å². The number of hydrogen-bond acceptors (Lipinski definition) is 3.